The summed E-state index contributed by atoms with van der Waals surface area (Å²) in [5, 5.41) is 6.94. The molecule has 41 heavy (non-hydrogen) atoms. The highest BCUT2D eigenvalue weighted by molar-refractivity contribution is 6.01. The molecule has 1 N–H and O–H groups in total. The number of aryl methyl sites for hydroxylation is 1. The van der Waals surface area contributed by atoms with Crippen LogP contribution in [0.15, 0.2) is 73.1 Å². The summed E-state index contributed by atoms with van der Waals surface area (Å²) >= 11 is 0. The van der Waals surface area contributed by atoms with Gasteiger partial charge in [-0.05, 0) is 53.9 Å². The third kappa shape index (κ3) is 9.61. The Balaban J connectivity index is 0.00000131. The van der Waals surface area contributed by atoms with Crippen LogP contribution in [-0.2, 0) is 16.6 Å². The van der Waals surface area contributed by atoms with E-state index >= 15 is 0 Å². The molecule has 0 fully saturated rings. The average Bonchev–Trinajstić information content (AvgIpc) is 3.42. The third-order valence-corrected chi connectivity index (χ3v) is 5.61. The first kappa shape index (κ1) is 34.0. The van der Waals surface area contributed by atoms with Gasteiger partial charge in [-0.2, -0.15) is 5.10 Å². The van der Waals surface area contributed by atoms with Gasteiger partial charge in [0, 0.05) is 44.5 Å². The molecule has 1 atom stereocenters. The van der Waals surface area contributed by atoms with Crippen molar-refractivity contribution in [3.05, 3.63) is 95.7 Å². The Morgan fingerprint density at radius 2 is 1.59 bits per heavy atom. The number of nitrogens with one attached hydrogen (secondary N) is 1. The van der Waals surface area contributed by atoms with Crippen LogP contribution >= 0.6 is 0 Å². The molecule has 1 unspecified atom stereocenters. The first-order valence-corrected chi connectivity index (χ1v) is 12.7. The maximum Gasteiger partial charge on any atom is 0.269 e. The number of aromatic nitrogens is 3. The predicted molar refractivity (Wildman–Crippen MR) is 156 cm³/mol. The molecule has 2 aromatic heterocycles. The number of halogens is 1. The Hall–Kier alpha value is -4.99. The van der Waals surface area contributed by atoms with Crippen molar-refractivity contribution in [2.24, 2.45) is 7.05 Å². The van der Waals surface area contributed by atoms with Crippen LogP contribution in [0.25, 0.3) is 11.3 Å². The van der Waals surface area contributed by atoms with Crippen LogP contribution in [0, 0.1) is 5.82 Å². The van der Waals surface area contributed by atoms with Crippen LogP contribution < -0.4 is 10.1 Å². The van der Waals surface area contributed by atoms with E-state index in [9.17, 15) is 14.0 Å². The van der Waals surface area contributed by atoms with E-state index in [1.54, 1.807) is 49.2 Å². The quantitative estimate of drug-likeness (QED) is 0.269. The smallest absolute Gasteiger partial charge is 0.269 e. The van der Waals surface area contributed by atoms with E-state index in [0.717, 1.165) is 5.56 Å². The molecule has 9 nitrogen and oxygen atoms in total. The molecular weight excluding hydrogens is 527 g/mol. The summed E-state index contributed by atoms with van der Waals surface area (Å²) in [5.74, 6) is 0.393. The Kier molecular flexibility index (Phi) is 14.6. The molecule has 4 aromatic rings. The molecule has 0 aliphatic rings. The molecule has 1 amide bonds. The van der Waals surface area contributed by atoms with Gasteiger partial charge in [-0.1, -0.05) is 32.9 Å². The molecule has 10 heteroatoms. The molecule has 0 saturated carbocycles. The van der Waals surface area contributed by atoms with Crippen LogP contribution in [0.3, 0.4) is 0 Å². The molecule has 216 valence electrons. The van der Waals surface area contributed by atoms with Crippen molar-refractivity contribution in [2.45, 2.75) is 33.1 Å². The number of benzene rings is 2. The first-order valence-electron chi connectivity index (χ1n) is 12.7. The standard InChI is InChI=1S/C27H25FN4O3.C2H6.2CH2O/c1-17(14-25(33)23-16-32(3)31-26(23)19-4-8-20(28)9-5-19)18-6-10-21(11-7-18)35-22-12-13-30-24(15-22)27(34)29-2;3*1-2/h4-13,15-17H,14H2,1-3H3,(H,29,34);1-2H3;2*1H2. The Morgan fingerprint density at radius 1 is 0.976 bits per heavy atom. The molecule has 4 rings (SSSR count). The van der Waals surface area contributed by atoms with E-state index in [1.807, 2.05) is 58.6 Å². The van der Waals surface area contributed by atoms with E-state index < -0.39 is 0 Å². The lowest BCUT2D eigenvalue weighted by Crippen LogP contribution is -2.18. The SMILES string of the molecule is C=O.C=O.CC.CNC(=O)c1cc(Oc2ccc(C(C)CC(=O)c3cn(C)nc3-c3ccc(F)cc3)cc2)ccn1. The largest absolute Gasteiger partial charge is 0.457 e. The number of amides is 1. The number of ketones is 1. The topological polar surface area (TPSA) is 120 Å². The predicted octanol–water partition coefficient (Wildman–Crippen LogP) is 5.81. The molecular formula is C31H35FN4O5. The maximum absolute atomic E-state index is 13.3. The zero-order valence-corrected chi connectivity index (χ0v) is 23.9. The van der Waals surface area contributed by atoms with Gasteiger partial charge in [-0.25, -0.2) is 4.39 Å². The van der Waals surface area contributed by atoms with Crippen LogP contribution in [-0.4, -0.2) is 47.1 Å². The minimum absolute atomic E-state index is 0.0382. The fourth-order valence-corrected chi connectivity index (χ4v) is 3.75. The van der Waals surface area contributed by atoms with Gasteiger partial charge in [0.05, 0.1) is 5.56 Å². The van der Waals surface area contributed by atoms with Crippen molar-refractivity contribution in [3.63, 3.8) is 0 Å². The summed E-state index contributed by atoms with van der Waals surface area (Å²) in [7, 11) is 3.30. The van der Waals surface area contributed by atoms with Gasteiger partial charge in [0.2, 0.25) is 0 Å². The van der Waals surface area contributed by atoms with Gasteiger partial charge in [0.25, 0.3) is 5.91 Å². The number of pyridine rings is 1. The Morgan fingerprint density at radius 3 is 2.17 bits per heavy atom. The van der Waals surface area contributed by atoms with Crippen LogP contribution in [0.4, 0.5) is 4.39 Å². The van der Waals surface area contributed by atoms with Crippen molar-refractivity contribution >= 4 is 25.3 Å². The van der Waals surface area contributed by atoms with Gasteiger partial charge in [-0.15, -0.1) is 0 Å². The fourth-order valence-electron chi connectivity index (χ4n) is 3.75. The molecule has 2 heterocycles. The molecule has 0 aliphatic carbocycles. The van der Waals surface area contributed by atoms with Gasteiger partial charge in [-0.3, -0.25) is 19.3 Å². The number of hydrogen-bond donors (Lipinski definition) is 1. The van der Waals surface area contributed by atoms with Crippen molar-refractivity contribution in [1.82, 2.24) is 20.1 Å². The number of hydrogen-bond acceptors (Lipinski definition) is 7. The van der Waals surface area contributed by atoms with Gasteiger partial charge >= 0.3 is 0 Å². The number of rotatable bonds is 8. The summed E-state index contributed by atoms with van der Waals surface area (Å²) in [6.07, 6.45) is 3.51. The second-order valence-corrected chi connectivity index (χ2v) is 8.23. The van der Waals surface area contributed by atoms with Crippen LogP contribution in [0.2, 0.25) is 0 Å². The van der Waals surface area contributed by atoms with Gasteiger partial charge in [0.15, 0.2) is 5.78 Å². The average molecular weight is 563 g/mol. The monoisotopic (exact) mass is 562 g/mol. The zero-order chi connectivity index (χ0) is 30.9. The highest BCUT2D eigenvalue weighted by Gasteiger charge is 2.20. The van der Waals surface area contributed by atoms with Gasteiger partial charge in [0.1, 0.15) is 42.3 Å². The summed E-state index contributed by atoms with van der Waals surface area (Å²) < 4.78 is 20.8. The minimum atomic E-state index is -0.338. The van der Waals surface area contributed by atoms with E-state index in [2.05, 4.69) is 15.4 Å². The van der Waals surface area contributed by atoms with E-state index in [1.165, 1.54) is 18.3 Å². The first-order chi connectivity index (χ1) is 19.8. The molecule has 0 bridgehead atoms. The summed E-state index contributed by atoms with van der Waals surface area (Å²) in [4.78, 5) is 44.9. The number of carbonyl (C=O) groups is 4. The molecule has 2 aromatic carbocycles. The van der Waals surface area contributed by atoms with E-state index in [0.29, 0.717) is 34.7 Å². The highest BCUT2D eigenvalue weighted by atomic mass is 19.1. The number of Topliss-reactive ketones (excluding diaryl/α,β-unsaturated/α-hetero) is 1. The van der Waals surface area contributed by atoms with Crippen LogP contribution in [0.1, 0.15) is 59.5 Å². The Bertz CT molecular complexity index is 1390. The van der Waals surface area contributed by atoms with E-state index in [-0.39, 0.29) is 29.1 Å². The van der Waals surface area contributed by atoms with Gasteiger partial charge < -0.3 is 19.6 Å². The molecule has 0 aliphatic heterocycles. The van der Waals surface area contributed by atoms with Crippen molar-refractivity contribution in [1.29, 1.82) is 0 Å². The van der Waals surface area contributed by atoms with Crippen molar-refractivity contribution in [2.75, 3.05) is 7.05 Å². The van der Waals surface area contributed by atoms with Crippen molar-refractivity contribution in [3.8, 4) is 22.8 Å². The normalized spacial score (nSPS) is 10.3. The lowest BCUT2D eigenvalue weighted by atomic mass is 9.92. The molecule has 0 saturated heterocycles. The summed E-state index contributed by atoms with van der Waals surface area (Å²) in [6.45, 7) is 9.99. The number of nitrogens with zero attached hydrogens (tertiary/aromatic N) is 3. The second kappa shape index (κ2) is 17.6. The fraction of sp³-hybridized carbons (Fsp3) is 0.226. The third-order valence-electron chi connectivity index (χ3n) is 5.61. The lowest BCUT2D eigenvalue weighted by molar-refractivity contribution is -0.0987. The second-order valence-electron chi connectivity index (χ2n) is 8.23. The molecule has 0 radical (unpaired) electrons. The maximum atomic E-state index is 13.3. The lowest BCUT2D eigenvalue weighted by Gasteiger charge is -2.13. The van der Waals surface area contributed by atoms with Crippen molar-refractivity contribution < 1.29 is 28.3 Å². The number of ether oxygens (including phenoxy) is 1. The Labute approximate surface area is 239 Å². The highest BCUT2D eigenvalue weighted by Crippen LogP contribution is 2.29. The summed E-state index contributed by atoms with van der Waals surface area (Å²) in [6, 6.07) is 16.7. The van der Waals surface area contributed by atoms with E-state index in [4.69, 9.17) is 14.3 Å². The van der Waals surface area contributed by atoms with Crippen LogP contribution in [0.5, 0.6) is 11.5 Å². The minimum Gasteiger partial charge on any atom is -0.457 e. The molecule has 0 spiro atoms. The summed E-state index contributed by atoms with van der Waals surface area (Å²) in [5.41, 5.74) is 3.00. The number of carbonyl (C=O) groups excluding carboxylic acids is 4. The zero-order valence-electron chi connectivity index (χ0n) is 23.9.